The number of benzene rings is 1. The van der Waals surface area contributed by atoms with Crippen molar-refractivity contribution in [3.05, 3.63) is 35.4 Å². The summed E-state index contributed by atoms with van der Waals surface area (Å²) in [4.78, 5) is 0. The van der Waals surface area contributed by atoms with Gasteiger partial charge in [0.2, 0.25) is 0 Å². The molecule has 13 heavy (non-hydrogen) atoms. The Balaban J connectivity index is 2.81. The Kier molecular flexibility index (Phi) is 3.77. The second kappa shape index (κ2) is 4.45. The number of hydrogen-bond acceptors (Lipinski definition) is 0. The van der Waals surface area contributed by atoms with Gasteiger partial charge in [0.25, 0.3) is 0 Å². The molecule has 0 aliphatic carbocycles. The lowest BCUT2D eigenvalue weighted by Crippen LogP contribution is -2.10. The second-order valence-electron chi connectivity index (χ2n) is 4.39. The molecular formula is C12H17I. The lowest BCUT2D eigenvalue weighted by molar-refractivity contribution is 0.590. The average molecular weight is 288 g/mol. The third kappa shape index (κ3) is 3.29. The average Bonchev–Trinajstić information content (AvgIpc) is 2.04. The molecule has 1 rings (SSSR count). The summed E-state index contributed by atoms with van der Waals surface area (Å²) >= 11 is 2.42. The summed E-state index contributed by atoms with van der Waals surface area (Å²) in [6.07, 6.45) is 1.19. The van der Waals surface area contributed by atoms with Gasteiger partial charge in [-0.2, -0.15) is 0 Å². The van der Waals surface area contributed by atoms with E-state index in [9.17, 15) is 0 Å². The van der Waals surface area contributed by atoms with Crippen molar-refractivity contribution in [1.29, 1.82) is 0 Å². The molecule has 0 spiro atoms. The molecule has 0 aliphatic rings. The highest BCUT2D eigenvalue weighted by Crippen LogP contribution is 2.22. The van der Waals surface area contributed by atoms with E-state index in [1.165, 1.54) is 22.0 Å². The van der Waals surface area contributed by atoms with Crippen LogP contribution in [0.4, 0.5) is 0 Å². The van der Waals surface area contributed by atoms with Gasteiger partial charge in [0.15, 0.2) is 0 Å². The molecule has 0 fully saturated rings. The van der Waals surface area contributed by atoms with Gasteiger partial charge in [0, 0.05) is 4.43 Å². The molecule has 1 heteroatoms. The van der Waals surface area contributed by atoms with Crippen molar-refractivity contribution in [2.75, 3.05) is 4.43 Å². The van der Waals surface area contributed by atoms with E-state index < -0.39 is 0 Å². The maximum atomic E-state index is 2.42. The third-order valence-corrected chi connectivity index (χ3v) is 2.74. The topological polar surface area (TPSA) is 0 Å². The van der Waals surface area contributed by atoms with Crippen molar-refractivity contribution >= 4 is 22.6 Å². The molecular weight excluding hydrogens is 271 g/mol. The second-order valence-corrected chi connectivity index (χ2v) is 5.46. The Morgan fingerprint density at radius 2 is 1.62 bits per heavy atom. The SMILES string of the molecule is CC(C)(C)c1ccc(CCI)cc1. The molecule has 1 aromatic carbocycles. The minimum Gasteiger partial charge on any atom is -0.0860 e. The third-order valence-electron chi connectivity index (χ3n) is 2.20. The predicted octanol–water partition coefficient (Wildman–Crippen LogP) is 3.96. The van der Waals surface area contributed by atoms with Crippen molar-refractivity contribution in [2.24, 2.45) is 0 Å². The van der Waals surface area contributed by atoms with E-state index in [1.54, 1.807) is 0 Å². The fraction of sp³-hybridized carbons (Fsp3) is 0.500. The van der Waals surface area contributed by atoms with Crippen LogP contribution in [0.1, 0.15) is 31.9 Å². The number of rotatable bonds is 2. The Morgan fingerprint density at radius 1 is 1.08 bits per heavy atom. The molecule has 0 unspecified atom stereocenters. The predicted molar refractivity (Wildman–Crippen MR) is 67.7 cm³/mol. The zero-order chi connectivity index (χ0) is 9.90. The quantitative estimate of drug-likeness (QED) is 0.571. The summed E-state index contributed by atoms with van der Waals surface area (Å²) in [5, 5.41) is 0. The summed E-state index contributed by atoms with van der Waals surface area (Å²) in [5.41, 5.74) is 3.15. The van der Waals surface area contributed by atoms with Crippen LogP contribution >= 0.6 is 22.6 Å². The minimum atomic E-state index is 0.281. The molecule has 0 heterocycles. The van der Waals surface area contributed by atoms with Gasteiger partial charge >= 0.3 is 0 Å². The lowest BCUT2D eigenvalue weighted by Gasteiger charge is -2.19. The van der Waals surface area contributed by atoms with Gasteiger partial charge < -0.3 is 0 Å². The Hall–Kier alpha value is -0.0500. The van der Waals surface area contributed by atoms with Gasteiger partial charge in [0.05, 0.1) is 0 Å². The van der Waals surface area contributed by atoms with Gasteiger partial charge in [-0.3, -0.25) is 0 Å². The van der Waals surface area contributed by atoms with Crippen molar-refractivity contribution in [3.63, 3.8) is 0 Å². The zero-order valence-electron chi connectivity index (χ0n) is 8.60. The number of hydrogen-bond donors (Lipinski definition) is 0. The van der Waals surface area contributed by atoms with Crippen LogP contribution in [0.2, 0.25) is 0 Å². The highest BCUT2D eigenvalue weighted by molar-refractivity contribution is 14.1. The summed E-state index contributed by atoms with van der Waals surface area (Å²) in [5.74, 6) is 0. The lowest BCUT2D eigenvalue weighted by atomic mass is 9.86. The normalized spacial score (nSPS) is 11.7. The van der Waals surface area contributed by atoms with E-state index in [-0.39, 0.29) is 5.41 Å². The number of halogens is 1. The van der Waals surface area contributed by atoms with Crippen molar-refractivity contribution in [3.8, 4) is 0 Å². The maximum absolute atomic E-state index is 2.42. The molecule has 0 saturated heterocycles. The first-order chi connectivity index (χ1) is 6.04. The van der Waals surface area contributed by atoms with Crippen molar-refractivity contribution in [2.45, 2.75) is 32.6 Å². The van der Waals surface area contributed by atoms with Crippen LogP contribution in [0, 0.1) is 0 Å². The van der Waals surface area contributed by atoms with Crippen LogP contribution in [0.25, 0.3) is 0 Å². The van der Waals surface area contributed by atoms with Gasteiger partial charge in [-0.05, 0) is 23.0 Å². The minimum absolute atomic E-state index is 0.281. The van der Waals surface area contributed by atoms with E-state index in [2.05, 4.69) is 67.6 Å². The number of alkyl halides is 1. The van der Waals surface area contributed by atoms with E-state index in [0.29, 0.717) is 0 Å². The molecule has 72 valence electrons. The molecule has 0 saturated carbocycles. The Bertz CT molecular complexity index is 253. The summed E-state index contributed by atoms with van der Waals surface area (Å²) < 4.78 is 1.20. The van der Waals surface area contributed by atoms with E-state index >= 15 is 0 Å². The molecule has 0 bridgehead atoms. The monoisotopic (exact) mass is 288 g/mol. The van der Waals surface area contributed by atoms with Gasteiger partial charge in [-0.25, -0.2) is 0 Å². The Morgan fingerprint density at radius 3 is 2.00 bits per heavy atom. The maximum Gasteiger partial charge on any atom is 0.00358 e. The number of aryl methyl sites for hydroxylation is 1. The first-order valence-corrected chi connectivity index (χ1v) is 6.22. The molecule has 0 N–H and O–H groups in total. The fourth-order valence-electron chi connectivity index (χ4n) is 1.28. The van der Waals surface area contributed by atoms with Crippen LogP contribution in [0.15, 0.2) is 24.3 Å². The van der Waals surface area contributed by atoms with Gasteiger partial charge in [-0.15, -0.1) is 0 Å². The molecule has 0 nitrogen and oxygen atoms in total. The molecule has 0 atom stereocenters. The highest BCUT2D eigenvalue weighted by atomic mass is 127. The first-order valence-electron chi connectivity index (χ1n) is 4.69. The van der Waals surface area contributed by atoms with Crippen LogP contribution in [0.5, 0.6) is 0 Å². The Labute approximate surface area is 94.9 Å². The van der Waals surface area contributed by atoms with Crippen molar-refractivity contribution in [1.82, 2.24) is 0 Å². The summed E-state index contributed by atoms with van der Waals surface area (Å²) in [7, 11) is 0. The van der Waals surface area contributed by atoms with E-state index in [0.717, 1.165) is 0 Å². The van der Waals surface area contributed by atoms with Crippen LogP contribution in [-0.4, -0.2) is 4.43 Å². The van der Waals surface area contributed by atoms with E-state index in [4.69, 9.17) is 0 Å². The fourth-order valence-corrected chi connectivity index (χ4v) is 1.90. The van der Waals surface area contributed by atoms with Crippen molar-refractivity contribution < 1.29 is 0 Å². The largest absolute Gasteiger partial charge is 0.0860 e. The van der Waals surface area contributed by atoms with Crippen LogP contribution in [0.3, 0.4) is 0 Å². The van der Waals surface area contributed by atoms with Gasteiger partial charge in [0.1, 0.15) is 0 Å². The molecule has 0 amide bonds. The smallest absolute Gasteiger partial charge is 0.00358 e. The first kappa shape index (κ1) is 11.0. The molecule has 0 aliphatic heterocycles. The standard InChI is InChI=1S/C12H17I/c1-12(2,3)11-6-4-10(5-7-11)8-9-13/h4-7H,8-9H2,1-3H3. The molecule has 0 radical (unpaired) electrons. The van der Waals surface area contributed by atoms with Gasteiger partial charge in [-0.1, -0.05) is 67.6 Å². The van der Waals surface area contributed by atoms with Crippen LogP contribution < -0.4 is 0 Å². The molecule has 0 aromatic heterocycles. The molecule has 1 aromatic rings. The summed E-state index contributed by atoms with van der Waals surface area (Å²) in [6, 6.07) is 9.00. The summed E-state index contributed by atoms with van der Waals surface area (Å²) in [6.45, 7) is 6.75. The zero-order valence-corrected chi connectivity index (χ0v) is 10.8. The van der Waals surface area contributed by atoms with Crippen LogP contribution in [-0.2, 0) is 11.8 Å². The van der Waals surface area contributed by atoms with E-state index in [1.807, 2.05) is 0 Å². The highest BCUT2D eigenvalue weighted by Gasteiger charge is 2.12.